The number of ketones is 1. The molecule has 0 radical (unpaired) electrons. The number of amides is 1. The molecule has 0 unspecified atom stereocenters. The van der Waals surface area contributed by atoms with E-state index < -0.39 is 0 Å². The summed E-state index contributed by atoms with van der Waals surface area (Å²) in [5.74, 6) is 1.06. The van der Waals surface area contributed by atoms with E-state index in [0.29, 0.717) is 5.56 Å². The van der Waals surface area contributed by atoms with Crippen molar-refractivity contribution < 1.29 is 9.59 Å². The Morgan fingerprint density at radius 2 is 1.34 bits per heavy atom. The lowest BCUT2D eigenvalue weighted by Gasteiger charge is -2.23. The van der Waals surface area contributed by atoms with Gasteiger partial charge in [-0.1, -0.05) is 91.0 Å². The highest BCUT2D eigenvalue weighted by molar-refractivity contribution is 5.98. The Hall–Kier alpha value is -2.99. The van der Waals surface area contributed by atoms with Gasteiger partial charge >= 0.3 is 0 Å². The number of fused-ring (bicyclic) bond motifs is 1. The highest BCUT2D eigenvalue weighted by Crippen LogP contribution is 2.27. The summed E-state index contributed by atoms with van der Waals surface area (Å²) >= 11 is 0. The van der Waals surface area contributed by atoms with Crippen LogP contribution in [0.4, 0.5) is 0 Å². The molecule has 3 aromatic rings. The first-order valence-corrected chi connectivity index (χ1v) is 14.4. The zero-order chi connectivity index (χ0) is 27.2. The van der Waals surface area contributed by atoms with E-state index in [2.05, 4.69) is 25.3 Å². The Morgan fingerprint density at radius 1 is 0.789 bits per heavy atom. The lowest BCUT2D eigenvalue weighted by molar-refractivity contribution is 0.0749. The Bertz CT molecular complexity index is 1110. The maximum absolute atomic E-state index is 13.5. The van der Waals surface area contributed by atoms with Crippen molar-refractivity contribution in [3.05, 3.63) is 53.6 Å². The number of rotatable bonds is 14. The van der Waals surface area contributed by atoms with Crippen molar-refractivity contribution in [1.29, 1.82) is 0 Å². The van der Waals surface area contributed by atoms with Crippen molar-refractivity contribution in [3.8, 4) is 11.4 Å². The predicted molar refractivity (Wildman–Crippen MR) is 161 cm³/mol. The third kappa shape index (κ3) is 8.80. The first-order chi connectivity index (χ1) is 18.0. The zero-order valence-corrected chi connectivity index (χ0v) is 24.7. The number of benzene rings is 2. The minimum Gasteiger partial charge on any atom is -0.344 e. The van der Waals surface area contributed by atoms with Gasteiger partial charge in [-0.25, -0.2) is 4.98 Å². The van der Waals surface area contributed by atoms with Gasteiger partial charge in [0.15, 0.2) is 5.78 Å². The van der Waals surface area contributed by atoms with Gasteiger partial charge in [0, 0.05) is 36.3 Å². The maximum atomic E-state index is 13.5. The fraction of sp³-hybridized carbons (Fsp3) is 0.531. The third-order valence-electron chi connectivity index (χ3n) is 6.63. The van der Waals surface area contributed by atoms with Crippen LogP contribution in [0, 0.1) is 0 Å². The summed E-state index contributed by atoms with van der Waals surface area (Å²) < 4.78 is 2.23. The summed E-state index contributed by atoms with van der Waals surface area (Å²) in [6, 6.07) is 13.6. The fourth-order valence-corrected chi connectivity index (χ4v) is 4.48. The lowest BCUT2D eigenvalue weighted by atomic mass is 10.1. The SMILES string of the molecule is CC.CCCCCN(CCCCC)C(=O)c1ccc2nc(-c3ccc(C(C)=O)cc3)n(CCCC)c2c1.N. The third-order valence-corrected chi connectivity index (χ3v) is 6.63. The molecule has 1 heterocycles. The van der Waals surface area contributed by atoms with Crippen molar-refractivity contribution in [2.45, 2.75) is 99.5 Å². The van der Waals surface area contributed by atoms with Gasteiger partial charge in [-0.05, 0) is 44.4 Å². The maximum Gasteiger partial charge on any atom is 0.253 e. The number of hydrogen-bond acceptors (Lipinski definition) is 4. The van der Waals surface area contributed by atoms with Crippen LogP contribution in [0.25, 0.3) is 22.4 Å². The summed E-state index contributed by atoms with van der Waals surface area (Å²) in [5.41, 5.74) is 4.31. The van der Waals surface area contributed by atoms with Gasteiger partial charge in [-0.15, -0.1) is 0 Å². The topological polar surface area (TPSA) is 90.2 Å². The number of aromatic nitrogens is 2. The number of Topliss-reactive ketones (excluding diaryl/α,β-unsaturated/α-hetero) is 1. The van der Waals surface area contributed by atoms with Crippen LogP contribution in [-0.2, 0) is 6.54 Å². The van der Waals surface area contributed by atoms with Gasteiger partial charge in [0.1, 0.15) is 5.82 Å². The van der Waals surface area contributed by atoms with Crippen molar-refractivity contribution >= 4 is 22.7 Å². The normalized spacial score (nSPS) is 10.5. The summed E-state index contributed by atoms with van der Waals surface area (Å²) in [4.78, 5) is 32.2. The van der Waals surface area contributed by atoms with Gasteiger partial charge in [-0.2, -0.15) is 0 Å². The molecular formula is C32H50N4O2. The van der Waals surface area contributed by atoms with Crippen LogP contribution in [0.3, 0.4) is 0 Å². The van der Waals surface area contributed by atoms with Crippen LogP contribution in [-0.4, -0.2) is 39.2 Å². The fourth-order valence-electron chi connectivity index (χ4n) is 4.48. The minimum atomic E-state index is 0. The Balaban J connectivity index is 0.00000235. The molecule has 0 aliphatic carbocycles. The average molecular weight is 523 g/mol. The highest BCUT2D eigenvalue weighted by atomic mass is 16.2. The second-order valence-corrected chi connectivity index (χ2v) is 9.48. The van der Waals surface area contributed by atoms with E-state index in [1.165, 1.54) is 0 Å². The van der Waals surface area contributed by atoms with E-state index in [4.69, 9.17) is 4.98 Å². The predicted octanol–water partition coefficient (Wildman–Crippen LogP) is 8.72. The first kappa shape index (κ1) is 33.0. The first-order valence-electron chi connectivity index (χ1n) is 14.4. The van der Waals surface area contributed by atoms with Crippen molar-refractivity contribution in [2.75, 3.05) is 13.1 Å². The van der Waals surface area contributed by atoms with E-state index >= 15 is 0 Å². The Kier molecular flexibility index (Phi) is 15.2. The molecule has 0 fully saturated rings. The van der Waals surface area contributed by atoms with Crippen LogP contribution in [0.15, 0.2) is 42.5 Å². The van der Waals surface area contributed by atoms with E-state index in [1.54, 1.807) is 6.92 Å². The summed E-state index contributed by atoms with van der Waals surface area (Å²) in [7, 11) is 0. The van der Waals surface area contributed by atoms with Gasteiger partial charge in [0.05, 0.1) is 11.0 Å². The molecule has 210 valence electrons. The number of nitrogens with zero attached hydrogens (tertiary/aromatic N) is 3. The van der Waals surface area contributed by atoms with Crippen LogP contribution >= 0.6 is 0 Å². The van der Waals surface area contributed by atoms with Gasteiger partial charge < -0.3 is 15.6 Å². The van der Waals surface area contributed by atoms with Crippen LogP contribution < -0.4 is 6.15 Å². The second kappa shape index (κ2) is 17.5. The molecule has 6 heteroatoms. The average Bonchev–Trinajstić information content (AvgIpc) is 3.29. The molecule has 38 heavy (non-hydrogen) atoms. The molecule has 0 aliphatic heterocycles. The highest BCUT2D eigenvalue weighted by Gasteiger charge is 2.19. The molecule has 1 aromatic heterocycles. The summed E-state index contributed by atoms with van der Waals surface area (Å²) in [6.07, 6.45) is 8.78. The molecule has 6 nitrogen and oxygen atoms in total. The van der Waals surface area contributed by atoms with E-state index in [-0.39, 0.29) is 17.8 Å². The van der Waals surface area contributed by atoms with Crippen molar-refractivity contribution in [2.24, 2.45) is 0 Å². The monoisotopic (exact) mass is 522 g/mol. The number of hydrogen-bond donors (Lipinski definition) is 1. The zero-order valence-electron chi connectivity index (χ0n) is 24.7. The van der Waals surface area contributed by atoms with E-state index in [1.807, 2.05) is 61.2 Å². The smallest absolute Gasteiger partial charge is 0.253 e. The second-order valence-electron chi connectivity index (χ2n) is 9.48. The minimum absolute atomic E-state index is 0. The van der Waals surface area contributed by atoms with Gasteiger partial charge in [0.2, 0.25) is 0 Å². The largest absolute Gasteiger partial charge is 0.344 e. The standard InChI is InChI=1S/C30H41N3O2.C2H6.H3N/c1-5-8-11-19-32(20-12-9-6-2)30(35)26-17-18-27-28(22-26)33(21-10-7-3)29(31-27)25-15-13-24(14-16-25)23(4)34;1-2;/h13-18,22H,5-12,19-21H2,1-4H3;1-2H3;1H3. The molecule has 0 atom stereocenters. The van der Waals surface area contributed by atoms with Crippen molar-refractivity contribution in [1.82, 2.24) is 20.6 Å². The van der Waals surface area contributed by atoms with Crippen LogP contribution in [0.1, 0.15) is 114 Å². The number of carbonyl (C=O) groups is 2. The van der Waals surface area contributed by atoms with Gasteiger partial charge in [0.25, 0.3) is 5.91 Å². The summed E-state index contributed by atoms with van der Waals surface area (Å²) in [5, 5.41) is 0. The molecule has 0 bridgehead atoms. The molecule has 0 spiro atoms. The Morgan fingerprint density at radius 3 is 1.87 bits per heavy atom. The number of unbranched alkanes of at least 4 members (excludes halogenated alkanes) is 5. The number of carbonyl (C=O) groups excluding carboxylic acids is 2. The molecule has 3 rings (SSSR count). The molecule has 0 aliphatic rings. The molecule has 1 amide bonds. The summed E-state index contributed by atoms with van der Waals surface area (Å²) in [6.45, 7) is 14.6. The molecule has 0 saturated carbocycles. The lowest BCUT2D eigenvalue weighted by Crippen LogP contribution is -2.33. The van der Waals surface area contributed by atoms with E-state index in [0.717, 1.165) is 99.0 Å². The van der Waals surface area contributed by atoms with Gasteiger partial charge in [-0.3, -0.25) is 9.59 Å². The molecule has 3 N–H and O–H groups in total. The van der Waals surface area contributed by atoms with E-state index in [9.17, 15) is 9.59 Å². The van der Waals surface area contributed by atoms with Crippen molar-refractivity contribution in [3.63, 3.8) is 0 Å². The molecule has 2 aromatic carbocycles. The van der Waals surface area contributed by atoms with Crippen LogP contribution in [0.5, 0.6) is 0 Å². The quantitative estimate of drug-likeness (QED) is 0.169. The molecular weight excluding hydrogens is 472 g/mol. The molecule has 0 saturated heterocycles. The Labute approximate surface area is 230 Å². The van der Waals surface area contributed by atoms with Crippen LogP contribution in [0.2, 0.25) is 0 Å². The number of aryl methyl sites for hydroxylation is 1. The number of imidazole rings is 1.